The van der Waals surface area contributed by atoms with Crippen LogP contribution in [0, 0.1) is 5.92 Å². The van der Waals surface area contributed by atoms with Crippen molar-refractivity contribution >= 4 is 5.91 Å². The van der Waals surface area contributed by atoms with Crippen LogP contribution in [0.1, 0.15) is 0 Å². The largest absolute Gasteiger partial charge is 0.416 e. The first-order chi connectivity index (χ1) is 6.41. The van der Waals surface area contributed by atoms with Gasteiger partial charge in [-0.3, -0.25) is 4.79 Å². The number of halogens is 3. The van der Waals surface area contributed by atoms with Gasteiger partial charge in [0.2, 0.25) is 5.91 Å². The van der Waals surface area contributed by atoms with Crippen molar-refractivity contribution in [3.63, 3.8) is 0 Å². The number of amides is 1. The summed E-state index contributed by atoms with van der Waals surface area (Å²) in [5, 5.41) is 13.4. The van der Waals surface area contributed by atoms with Gasteiger partial charge in [-0.25, -0.2) is 0 Å². The van der Waals surface area contributed by atoms with Crippen molar-refractivity contribution < 1.29 is 23.1 Å². The lowest BCUT2D eigenvalue weighted by Crippen LogP contribution is -2.52. The van der Waals surface area contributed by atoms with Crippen LogP contribution in [0.25, 0.3) is 0 Å². The summed E-state index contributed by atoms with van der Waals surface area (Å²) in [5.74, 6) is -0.720. The Labute approximate surface area is 78.5 Å². The SMILES string of the molecule is O=C(NCC(O)C(F)(F)F)C1CNC1. The van der Waals surface area contributed by atoms with Gasteiger partial charge in [0.15, 0.2) is 6.10 Å². The van der Waals surface area contributed by atoms with Gasteiger partial charge in [-0.1, -0.05) is 0 Å². The molecule has 1 unspecified atom stereocenters. The van der Waals surface area contributed by atoms with Crippen molar-refractivity contribution in [1.82, 2.24) is 10.6 Å². The molecule has 0 aromatic heterocycles. The molecular weight excluding hydrogens is 201 g/mol. The van der Waals surface area contributed by atoms with Crippen LogP contribution < -0.4 is 10.6 Å². The zero-order chi connectivity index (χ0) is 10.8. The molecule has 1 rings (SSSR count). The van der Waals surface area contributed by atoms with Gasteiger partial charge in [0.25, 0.3) is 0 Å². The second kappa shape index (κ2) is 4.14. The van der Waals surface area contributed by atoms with E-state index >= 15 is 0 Å². The number of nitrogens with one attached hydrogen (secondary N) is 2. The zero-order valence-corrected chi connectivity index (χ0v) is 7.27. The smallest absolute Gasteiger partial charge is 0.382 e. The first kappa shape index (κ1) is 11.3. The van der Waals surface area contributed by atoms with E-state index in [1.807, 2.05) is 5.32 Å². The van der Waals surface area contributed by atoms with Gasteiger partial charge in [-0.05, 0) is 0 Å². The minimum absolute atomic E-state index is 0.268. The molecule has 1 aliphatic rings. The van der Waals surface area contributed by atoms with E-state index in [-0.39, 0.29) is 5.92 Å². The number of carbonyl (C=O) groups is 1. The average molecular weight is 212 g/mol. The first-order valence-corrected chi connectivity index (χ1v) is 4.14. The lowest BCUT2D eigenvalue weighted by Gasteiger charge is -2.26. The topological polar surface area (TPSA) is 61.4 Å². The van der Waals surface area contributed by atoms with Crippen molar-refractivity contribution in [2.45, 2.75) is 12.3 Å². The van der Waals surface area contributed by atoms with Gasteiger partial charge >= 0.3 is 6.18 Å². The Kier molecular flexibility index (Phi) is 3.33. The second-order valence-electron chi connectivity index (χ2n) is 3.16. The molecule has 0 saturated carbocycles. The fourth-order valence-corrected chi connectivity index (χ4v) is 0.931. The number of rotatable bonds is 3. The highest BCUT2D eigenvalue weighted by molar-refractivity contribution is 5.80. The Bertz CT molecular complexity index is 215. The van der Waals surface area contributed by atoms with Crippen molar-refractivity contribution in [3.05, 3.63) is 0 Å². The molecule has 0 bridgehead atoms. The maximum absolute atomic E-state index is 11.8. The predicted molar refractivity (Wildman–Crippen MR) is 41.4 cm³/mol. The van der Waals surface area contributed by atoms with E-state index in [4.69, 9.17) is 5.11 Å². The fraction of sp³-hybridized carbons (Fsp3) is 0.857. The summed E-state index contributed by atoms with van der Waals surface area (Å²) < 4.78 is 35.3. The van der Waals surface area contributed by atoms with Crippen LogP contribution in [0.4, 0.5) is 13.2 Å². The van der Waals surface area contributed by atoms with E-state index in [0.29, 0.717) is 13.1 Å². The summed E-state index contributed by atoms with van der Waals surface area (Å²) in [6.45, 7) is 0.181. The number of aliphatic hydroxyl groups is 1. The standard InChI is InChI=1S/C7H11F3N2O2/c8-7(9,10)5(13)3-12-6(14)4-1-11-2-4/h4-5,11,13H,1-3H2,(H,12,14). The number of aliphatic hydroxyl groups excluding tert-OH is 1. The molecule has 1 heterocycles. The predicted octanol–water partition coefficient (Wildman–Crippen LogP) is -0.755. The molecule has 0 radical (unpaired) electrons. The van der Waals surface area contributed by atoms with Crippen LogP contribution in [-0.4, -0.2) is 42.9 Å². The van der Waals surface area contributed by atoms with Crippen LogP contribution in [0.3, 0.4) is 0 Å². The molecule has 1 saturated heterocycles. The van der Waals surface area contributed by atoms with E-state index in [0.717, 1.165) is 0 Å². The molecule has 1 aliphatic heterocycles. The molecule has 3 N–H and O–H groups in total. The highest BCUT2D eigenvalue weighted by Crippen LogP contribution is 2.19. The minimum atomic E-state index is -4.68. The maximum atomic E-state index is 11.8. The van der Waals surface area contributed by atoms with E-state index < -0.39 is 24.7 Å². The average Bonchev–Trinajstić information content (AvgIpc) is 1.94. The molecular formula is C7H11F3N2O2. The summed E-state index contributed by atoms with van der Waals surface area (Å²) in [7, 11) is 0. The molecule has 0 aliphatic carbocycles. The number of carbonyl (C=O) groups excluding carboxylic acids is 1. The lowest BCUT2D eigenvalue weighted by molar-refractivity contribution is -0.202. The molecule has 0 spiro atoms. The molecule has 4 nitrogen and oxygen atoms in total. The summed E-state index contributed by atoms with van der Waals surface area (Å²) >= 11 is 0. The van der Waals surface area contributed by atoms with Gasteiger partial charge in [0.05, 0.1) is 12.5 Å². The highest BCUT2D eigenvalue weighted by Gasteiger charge is 2.38. The van der Waals surface area contributed by atoms with Gasteiger partial charge in [0.1, 0.15) is 0 Å². The van der Waals surface area contributed by atoms with Gasteiger partial charge in [-0.2, -0.15) is 13.2 Å². The van der Waals surface area contributed by atoms with Crippen molar-refractivity contribution in [2.75, 3.05) is 19.6 Å². The van der Waals surface area contributed by atoms with Crippen molar-refractivity contribution in [3.8, 4) is 0 Å². The molecule has 82 valence electrons. The minimum Gasteiger partial charge on any atom is -0.382 e. The highest BCUT2D eigenvalue weighted by atomic mass is 19.4. The van der Waals surface area contributed by atoms with E-state index in [1.165, 1.54) is 0 Å². The first-order valence-electron chi connectivity index (χ1n) is 4.14. The Balaban J connectivity index is 2.22. The Morgan fingerprint density at radius 3 is 2.50 bits per heavy atom. The number of hydrogen-bond acceptors (Lipinski definition) is 3. The molecule has 1 amide bonds. The fourth-order valence-electron chi connectivity index (χ4n) is 0.931. The molecule has 1 atom stereocenters. The van der Waals surface area contributed by atoms with E-state index in [9.17, 15) is 18.0 Å². The van der Waals surface area contributed by atoms with E-state index in [1.54, 1.807) is 0 Å². The third-order valence-corrected chi connectivity index (χ3v) is 2.00. The van der Waals surface area contributed by atoms with Crippen LogP contribution in [-0.2, 0) is 4.79 Å². The third-order valence-electron chi connectivity index (χ3n) is 2.00. The quantitative estimate of drug-likeness (QED) is 0.576. The summed E-state index contributed by atoms with van der Waals surface area (Å²) in [6.07, 6.45) is -7.16. The normalized spacial score (nSPS) is 20.0. The van der Waals surface area contributed by atoms with Crippen LogP contribution in [0.5, 0.6) is 0 Å². The summed E-state index contributed by atoms with van der Waals surface area (Å²) in [4.78, 5) is 11.0. The molecule has 0 aromatic rings. The van der Waals surface area contributed by atoms with Crippen LogP contribution in [0.15, 0.2) is 0 Å². The molecule has 1 fully saturated rings. The Hall–Kier alpha value is -0.820. The summed E-state index contributed by atoms with van der Waals surface area (Å²) in [6, 6.07) is 0. The van der Waals surface area contributed by atoms with Gasteiger partial charge in [-0.15, -0.1) is 0 Å². The molecule has 0 aromatic carbocycles. The maximum Gasteiger partial charge on any atom is 0.416 e. The van der Waals surface area contributed by atoms with E-state index in [2.05, 4.69) is 5.32 Å². The van der Waals surface area contributed by atoms with Gasteiger partial charge in [0, 0.05) is 13.1 Å². The van der Waals surface area contributed by atoms with Crippen LogP contribution >= 0.6 is 0 Å². The Morgan fingerprint density at radius 2 is 2.14 bits per heavy atom. The Morgan fingerprint density at radius 1 is 1.57 bits per heavy atom. The number of alkyl halides is 3. The van der Waals surface area contributed by atoms with Gasteiger partial charge < -0.3 is 15.7 Å². The molecule has 14 heavy (non-hydrogen) atoms. The van der Waals surface area contributed by atoms with Crippen molar-refractivity contribution in [2.24, 2.45) is 5.92 Å². The number of hydrogen-bond donors (Lipinski definition) is 3. The third kappa shape index (κ3) is 2.85. The monoisotopic (exact) mass is 212 g/mol. The van der Waals surface area contributed by atoms with Crippen molar-refractivity contribution in [1.29, 1.82) is 0 Å². The molecule has 7 heteroatoms. The summed E-state index contributed by atoms with van der Waals surface area (Å²) in [5.41, 5.74) is 0. The van der Waals surface area contributed by atoms with Crippen LogP contribution in [0.2, 0.25) is 0 Å². The zero-order valence-electron chi connectivity index (χ0n) is 7.27. The lowest BCUT2D eigenvalue weighted by atomic mass is 10.0. The second-order valence-corrected chi connectivity index (χ2v) is 3.16.